The second-order valence-corrected chi connectivity index (χ2v) is 6.41. The zero-order chi connectivity index (χ0) is 15.0. The van der Waals surface area contributed by atoms with Crippen LogP contribution in [0.4, 0.5) is 5.69 Å². The highest BCUT2D eigenvalue weighted by Crippen LogP contribution is 2.12. The van der Waals surface area contributed by atoms with Crippen LogP contribution in [0.1, 0.15) is 19.8 Å². The minimum absolute atomic E-state index is 0.0651. The van der Waals surface area contributed by atoms with Gasteiger partial charge in [0.2, 0.25) is 10.0 Å². The summed E-state index contributed by atoms with van der Waals surface area (Å²) < 4.78 is 31.1. The van der Waals surface area contributed by atoms with Crippen molar-refractivity contribution in [2.45, 2.75) is 25.9 Å². The van der Waals surface area contributed by atoms with Gasteiger partial charge in [-0.3, -0.25) is 0 Å². The van der Waals surface area contributed by atoms with Gasteiger partial charge in [-0.2, -0.15) is 0 Å². The molecule has 6 nitrogen and oxygen atoms in total. The van der Waals surface area contributed by atoms with Crippen molar-refractivity contribution in [3.8, 4) is 5.75 Å². The van der Waals surface area contributed by atoms with Crippen LogP contribution < -0.4 is 15.2 Å². The molecule has 0 aromatic heterocycles. The minimum atomic E-state index is -3.37. The number of sulfonamides is 1. The maximum absolute atomic E-state index is 11.7. The largest absolute Gasteiger partial charge is 0.492 e. The number of rotatable bonds is 9. The number of nitrogen functional groups attached to an aromatic ring is 1. The lowest BCUT2D eigenvalue weighted by atomic mass is 10.2. The van der Waals surface area contributed by atoms with E-state index in [4.69, 9.17) is 10.5 Å². The standard InChI is InChI=1S/C13H22N2O4S/c1-2-12(16)7-8-15-20(17,18)10-9-19-13-5-3-11(14)4-6-13/h3-6,12,15-16H,2,7-10,14H2,1H3. The van der Waals surface area contributed by atoms with E-state index in [2.05, 4.69) is 4.72 Å². The van der Waals surface area contributed by atoms with E-state index in [0.29, 0.717) is 24.3 Å². The smallest absolute Gasteiger partial charge is 0.214 e. The van der Waals surface area contributed by atoms with Crippen LogP contribution in [0.5, 0.6) is 5.75 Å². The summed E-state index contributed by atoms with van der Waals surface area (Å²) in [5, 5.41) is 9.33. The molecular formula is C13H22N2O4S. The van der Waals surface area contributed by atoms with Crippen molar-refractivity contribution in [3.05, 3.63) is 24.3 Å². The zero-order valence-corrected chi connectivity index (χ0v) is 12.4. The molecule has 0 aliphatic rings. The molecule has 1 rings (SSSR count). The lowest BCUT2D eigenvalue weighted by molar-refractivity contribution is 0.162. The number of hydrogen-bond donors (Lipinski definition) is 3. The molecule has 0 heterocycles. The normalized spacial score (nSPS) is 13.1. The Balaban J connectivity index is 2.27. The summed E-state index contributed by atoms with van der Waals surface area (Å²) in [6.07, 6.45) is 0.556. The molecule has 0 aliphatic carbocycles. The summed E-state index contributed by atoms with van der Waals surface area (Å²) >= 11 is 0. The van der Waals surface area contributed by atoms with Crippen molar-refractivity contribution in [1.82, 2.24) is 4.72 Å². The molecule has 0 aliphatic heterocycles. The first-order chi connectivity index (χ1) is 9.43. The van der Waals surface area contributed by atoms with Gasteiger partial charge in [0, 0.05) is 12.2 Å². The lowest BCUT2D eigenvalue weighted by Crippen LogP contribution is -2.31. The minimum Gasteiger partial charge on any atom is -0.492 e. The third-order valence-corrected chi connectivity index (χ3v) is 4.12. The fourth-order valence-corrected chi connectivity index (χ4v) is 2.37. The van der Waals surface area contributed by atoms with Crippen LogP contribution in [-0.4, -0.2) is 38.5 Å². The summed E-state index contributed by atoms with van der Waals surface area (Å²) in [4.78, 5) is 0. The Morgan fingerprint density at radius 1 is 1.35 bits per heavy atom. The first kappa shape index (κ1) is 16.7. The first-order valence-electron chi connectivity index (χ1n) is 6.56. The Morgan fingerprint density at radius 3 is 2.60 bits per heavy atom. The molecule has 0 amide bonds. The summed E-state index contributed by atoms with van der Waals surface area (Å²) in [7, 11) is -3.37. The van der Waals surface area contributed by atoms with Crippen molar-refractivity contribution in [2.24, 2.45) is 0 Å². The van der Waals surface area contributed by atoms with Crippen LogP contribution in [0, 0.1) is 0 Å². The molecule has 0 bridgehead atoms. The van der Waals surface area contributed by atoms with E-state index in [9.17, 15) is 13.5 Å². The zero-order valence-electron chi connectivity index (χ0n) is 11.6. The van der Waals surface area contributed by atoms with E-state index in [1.165, 1.54) is 0 Å². The molecule has 4 N–H and O–H groups in total. The van der Waals surface area contributed by atoms with Crippen LogP contribution in [0.2, 0.25) is 0 Å². The molecule has 114 valence electrons. The number of aliphatic hydroxyl groups excluding tert-OH is 1. The van der Waals surface area contributed by atoms with E-state index in [0.717, 1.165) is 0 Å². The maximum Gasteiger partial charge on any atom is 0.214 e. The molecule has 1 unspecified atom stereocenters. The first-order valence-corrected chi connectivity index (χ1v) is 8.22. The van der Waals surface area contributed by atoms with Crippen LogP contribution >= 0.6 is 0 Å². The number of benzene rings is 1. The molecule has 1 aromatic rings. The fraction of sp³-hybridized carbons (Fsp3) is 0.538. The number of hydrogen-bond acceptors (Lipinski definition) is 5. The molecule has 0 spiro atoms. The third-order valence-electron chi connectivity index (χ3n) is 2.77. The molecule has 0 fully saturated rings. The Hall–Kier alpha value is -1.31. The van der Waals surface area contributed by atoms with Crippen LogP contribution in [-0.2, 0) is 10.0 Å². The average molecular weight is 302 g/mol. The van der Waals surface area contributed by atoms with Gasteiger partial charge in [0.05, 0.1) is 11.9 Å². The topological polar surface area (TPSA) is 102 Å². The van der Waals surface area contributed by atoms with Gasteiger partial charge in [0.15, 0.2) is 0 Å². The number of aliphatic hydroxyl groups is 1. The number of nitrogens with two attached hydrogens (primary N) is 1. The molecular weight excluding hydrogens is 280 g/mol. The third kappa shape index (κ3) is 6.74. The van der Waals surface area contributed by atoms with Crippen molar-refractivity contribution in [2.75, 3.05) is 24.6 Å². The highest BCUT2D eigenvalue weighted by molar-refractivity contribution is 7.89. The van der Waals surface area contributed by atoms with Gasteiger partial charge >= 0.3 is 0 Å². The van der Waals surface area contributed by atoms with E-state index < -0.39 is 16.1 Å². The maximum atomic E-state index is 11.7. The SMILES string of the molecule is CCC(O)CCNS(=O)(=O)CCOc1ccc(N)cc1. The highest BCUT2D eigenvalue weighted by atomic mass is 32.2. The monoisotopic (exact) mass is 302 g/mol. The quantitative estimate of drug-likeness (QED) is 0.584. The Bertz CT molecular complexity index is 488. The van der Waals surface area contributed by atoms with Gasteiger partial charge in [0.25, 0.3) is 0 Å². The van der Waals surface area contributed by atoms with Crippen LogP contribution in [0.15, 0.2) is 24.3 Å². The fourth-order valence-electron chi connectivity index (χ4n) is 1.49. The summed E-state index contributed by atoms with van der Waals surface area (Å²) in [5.41, 5.74) is 6.16. The van der Waals surface area contributed by atoms with Crippen LogP contribution in [0.3, 0.4) is 0 Å². The predicted molar refractivity (Wildman–Crippen MR) is 79.1 cm³/mol. The van der Waals surface area contributed by atoms with Crippen LogP contribution in [0.25, 0.3) is 0 Å². The Morgan fingerprint density at radius 2 is 2.00 bits per heavy atom. The van der Waals surface area contributed by atoms with Gasteiger partial charge in [-0.15, -0.1) is 0 Å². The Labute approximate surface area is 120 Å². The van der Waals surface area contributed by atoms with E-state index in [-0.39, 0.29) is 18.9 Å². The van der Waals surface area contributed by atoms with Crippen molar-refractivity contribution in [3.63, 3.8) is 0 Å². The van der Waals surface area contributed by atoms with Crippen molar-refractivity contribution in [1.29, 1.82) is 0 Å². The molecule has 0 radical (unpaired) electrons. The summed E-state index contributed by atoms with van der Waals surface area (Å²) in [6.45, 7) is 2.15. The van der Waals surface area contributed by atoms with Gasteiger partial charge in [0.1, 0.15) is 12.4 Å². The average Bonchev–Trinajstić information content (AvgIpc) is 2.40. The van der Waals surface area contributed by atoms with Gasteiger partial charge in [-0.1, -0.05) is 6.92 Å². The number of nitrogens with one attached hydrogen (secondary N) is 1. The van der Waals surface area contributed by atoms with E-state index in [1.54, 1.807) is 24.3 Å². The number of anilines is 1. The van der Waals surface area contributed by atoms with Crippen molar-refractivity contribution >= 4 is 15.7 Å². The highest BCUT2D eigenvalue weighted by Gasteiger charge is 2.11. The van der Waals surface area contributed by atoms with Crippen molar-refractivity contribution < 1.29 is 18.3 Å². The van der Waals surface area contributed by atoms with E-state index >= 15 is 0 Å². The molecule has 7 heteroatoms. The molecule has 1 aromatic carbocycles. The molecule has 20 heavy (non-hydrogen) atoms. The van der Waals surface area contributed by atoms with Gasteiger partial charge < -0.3 is 15.6 Å². The molecule has 0 saturated heterocycles. The Kier molecular flexibility index (Phi) is 6.77. The summed E-state index contributed by atoms with van der Waals surface area (Å²) in [5.74, 6) is 0.454. The van der Waals surface area contributed by atoms with E-state index in [1.807, 2.05) is 6.92 Å². The second-order valence-electron chi connectivity index (χ2n) is 4.48. The summed E-state index contributed by atoms with van der Waals surface area (Å²) in [6, 6.07) is 6.75. The lowest BCUT2D eigenvalue weighted by Gasteiger charge is -2.10. The predicted octanol–water partition coefficient (Wildman–Crippen LogP) is 0.728. The molecule has 0 saturated carbocycles. The van der Waals surface area contributed by atoms with Gasteiger partial charge in [-0.05, 0) is 37.1 Å². The molecule has 1 atom stereocenters. The van der Waals surface area contributed by atoms with Gasteiger partial charge in [-0.25, -0.2) is 13.1 Å². The number of ether oxygens (including phenoxy) is 1. The second kappa shape index (κ2) is 8.08.